The van der Waals surface area contributed by atoms with Crippen LogP contribution in [0.1, 0.15) is 20.8 Å². The van der Waals surface area contributed by atoms with Crippen LogP contribution in [0.25, 0.3) is 0 Å². The van der Waals surface area contributed by atoms with E-state index in [0.717, 1.165) is 18.8 Å². The predicted molar refractivity (Wildman–Crippen MR) is 82.7 cm³/mol. The van der Waals surface area contributed by atoms with Crippen LogP contribution in [-0.4, -0.2) is 47.7 Å². The van der Waals surface area contributed by atoms with Gasteiger partial charge in [-0.1, -0.05) is 24.8 Å². The number of allylic oxidation sites excluding steroid dienone is 3. The Morgan fingerprint density at radius 1 is 1.10 bits per heavy atom. The van der Waals surface area contributed by atoms with E-state index in [0.29, 0.717) is 18.1 Å². The molecular formula is C15H23ClN2O2. The Bertz CT molecular complexity index is 416. The average Bonchev–Trinajstić information content (AvgIpc) is 2.34. The minimum Gasteiger partial charge on any atom is -0.444 e. The second-order valence-electron chi connectivity index (χ2n) is 5.73. The van der Waals surface area contributed by atoms with Crippen LogP contribution in [0.15, 0.2) is 36.0 Å². The van der Waals surface area contributed by atoms with Crippen LogP contribution in [0, 0.1) is 0 Å². The van der Waals surface area contributed by atoms with Gasteiger partial charge >= 0.3 is 6.09 Å². The van der Waals surface area contributed by atoms with E-state index in [9.17, 15) is 4.79 Å². The third kappa shape index (κ3) is 5.70. The van der Waals surface area contributed by atoms with E-state index >= 15 is 0 Å². The highest BCUT2D eigenvalue weighted by Crippen LogP contribution is 2.14. The Hall–Kier alpha value is -1.42. The van der Waals surface area contributed by atoms with Crippen molar-refractivity contribution < 1.29 is 9.53 Å². The van der Waals surface area contributed by atoms with E-state index in [1.165, 1.54) is 0 Å². The van der Waals surface area contributed by atoms with Gasteiger partial charge in [-0.15, -0.1) is 0 Å². The number of halogens is 1. The molecule has 0 saturated carbocycles. The molecular weight excluding hydrogens is 276 g/mol. The summed E-state index contributed by atoms with van der Waals surface area (Å²) in [6, 6.07) is 0. The van der Waals surface area contributed by atoms with E-state index in [4.69, 9.17) is 16.3 Å². The van der Waals surface area contributed by atoms with Gasteiger partial charge in [0.2, 0.25) is 0 Å². The Morgan fingerprint density at radius 3 is 2.05 bits per heavy atom. The zero-order valence-electron chi connectivity index (χ0n) is 12.5. The maximum atomic E-state index is 11.9. The van der Waals surface area contributed by atoms with Crippen LogP contribution in [-0.2, 0) is 4.74 Å². The molecule has 1 aliphatic rings. The van der Waals surface area contributed by atoms with Crippen molar-refractivity contribution in [2.45, 2.75) is 26.4 Å². The van der Waals surface area contributed by atoms with Gasteiger partial charge in [0.15, 0.2) is 0 Å². The SMILES string of the molecule is C=C(Cl)/C=C\C(=C)N1CCN(C(=O)OC(C)(C)C)CC1. The Labute approximate surface area is 126 Å². The number of hydrogen-bond acceptors (Lipinski definition) is 3. The molecule has 0 radical (unpaired) electrons. The lowest BCUT2D eigenvalue weighted by molar-refractivity contribution is 0.0171. The maximum Gasteiger partial charge on any atom is 0.410 e. The number of nitrogens with zero attached hydrogens (tertiary/aromatic N) is 2. The lowest BCUT2D eigenvalue weighted by Gasteiger charge is -2.36. The second-order valence-corrected chi connectivity index (χ2v) is 6.21. The number of piperazine rings is 1. The molecule has 1 amide bonds. The fourth-order valence-electron chi connectivity index (χ4n) is 1.79. The highest BCUT2D eigenvalue weighted by molar-refractivity contribution is 6.30. The summed E-state index contributed by atoms with van der Waals surface area (Å²) in [7, 11) is 0. The molecule has 1 saturated heterocycles. The molecule has 0 spiro atoms. The fraction of sp³-hybridized carbons (Fsp3) is 0.533. The summed E-state index contributed by atoms with van der Waals surface area (Å²) in [5.74, 6) is 0. The van der Waals surface area contributed by atoms with Crippen molar-refractivity contribution in [3.63, 3.8) is 0 Å². The molecule has 112 valence electrons. The van der Waals surface area contributed by atoms with E-state index < -0.39 is 5.60 Å². The first-order valence-corrected chi connectivity index (χ1v) is 7.01. The van der Waals surface area contributed by atoms with E-state index in [1.54, 1.807) is 11.0 Å². The highest BCUT2D eigenvalue weighted by Gasteiger charge is 2.25. The van der Waals surface area contributed by atoms with Crippen LogP contribution in [0.2, 0.25) is 0 Å². The van der Waals surface area contributed by atoms with Gasteiger partial charge in [0.1, 0.15) is 5.60 Å². The van der Waals surface area contributed by atoms with E-state index in [1.807, 2.05) is 26.8 Å². The van der Waals surface area contributed by atoms with E-state index in [-0.39, 0.29) is 6.09 Å². The van der Waals surface area contributed by atoms with Gasteiger partial charge in [-0.05, 0) is 32.9 Å². The summed E-state index contributed by atoms with van der Waals surface area (Å²) in [4.78, 5) is 15.8. The van der Waals surface area contributed by atoms with Crippen LogP contribution in [0.3, 0.4) is 0 Å². The van der Waals surface area contributed by atoms with Gasteiger partial charge in [-0.2, -0.15) is 0 Å². The fourth-order valence-corrected chi connectivity index (χ4v) is 1.86. The van der Waals surface area contributed by atoms with Gasteiger partial charge in [0.05, 0.1) is 0 Å². The standard InChI is InChI=1S/C15H23ClN2O2/c1-12(16)6-7-13(2)17-8-10-18(11-9-17)14(19)20-15(3,4)5/h6-7H,1-2,8-11H2,3-5H3/b7-6-. The highest BCUT2D eigenvalue weighted by atomic mass is 35.5. The number of hydrogen-bond donors (Lipinski definition) is 0. The van der Waals surface area contributed by atoms with Crippen molar-refractivity contribution in [3.8, 4) is 0 Å². The van der Waals surface area contributed by atoms with Crippen molar-refractivity contribution in [2.75, 3.05) is 26.2 Å². The Morgan fingerprint density at radius 2 is 1.60 bits per heavy atom. The Balaban J connectivity index is 2.46. The normalized spacial score (nSPS) is 16.4. The molecule has 1 aliphatic heterocycles. The molecule has 0 aromatic carbocycles. The topological polar surface area (TPSA) is 32.8 Å². The third-order valence-electron chi connectivity index (χ3n) is 2.79. The lowest BCUT2D eigenvalue weighted by atomic mass is 10.2. The zero-order chi connectivity index (χ0) is 15.3. The van der Waals surface area contributed by atoms with Crippen LogP contribution in [0.4, 0.5) is 4.79 Å². The zero-order valence-corrected chi connectivity index (χ0v) is 13.2. The Kier molecular flexibility index (Phi) is 5.69. The van der Waals surface area contributed by atoms with Crippen LogP contribution in [0.5, 0.6) is 0 Å². The smallest absolute Gasteiger partial charge is 0.410 e. The first kappa shape index (κ1) is 16.6. The molecule has 0 atom stereocenters. The van der Waals surface area contributed by atoms with Crippen molar-refractivity contribution in [1.82, 2.24) is 9.80 Å². The summed E-state index contributed by atoms with van der Waals surface area (Å²) in [6.07, 6.45) is 3.29. The molecule has 0 aromatic heterocycles. The average molecular weight is 299 g/mol. The molecule has 0 aliphatic carbocycles. The lowest BCUT2D eigenvalue weighted by Crippen LogP contribution is -2.49. The molecule has 5 heteroatoms. The minimum atomic E-state index is -0.457. The van der Waals surface area contributed by atoms with Gasteiger partial charge in [-0.25, -0.2) is 4.79 Å². The van der Waals surface area contributed by atoms with Gasteiger partial charge in [0, 0.05) is 36.9 Å². The molecule has 20 heavy (non-hydrogen) atoms. The summed E-state index contributed by atoms with van der Waals surface area (Å²) in [5.41, 5.74) is 0.414. The molecule has 0 unspecified atom stereocenters. The second kappa shape index (κ2) is 6.84. The van der Waals surface area contributed by atoms with Gasteiger partial charge < -0.3 is 14.5 Å². The molecule has 0 N–H and O–H groups in total. The predicted octanol–water partition coefficient (Wildman–Crippen LogP) is 3.36. The van der Waals surface area contributed by atoms with Crippen molar-refractivity contribution >= 4 is 17.7 Å². The molecule has 1 heterocycles. The molecule has 0 bridgehead atoms. The van der Waals surface area contributed by atoms with Crippen molar-refractivity contribution in [2.24, 2.45) is 0 Å². The molecule has 1 rings (SSSR count). The number of carbonyl (C=O) groups is 1. The largest absolute Gasteiger partial charge is 0.444 e. The minimum absolute atomic E-state index is 0.257. The van der Waals surface area contributed by atoms with Crippen molar-refractivity contribution in [1.29, 1.82) is 0 Å². The van der Waals surface area contributed by atoms with Crippen LogP contribution < -0.4 is 0 Å². The summed E-state index contributed by atoms with van der Waals surface area (Å²) in [6.45, 7) is 15.9. The van der Waals surface area contributed by atoms with Gasteiger partial charge in [0.25, 0.3) is 0 Å². The van der Waals surface area contributed by atoms with E-state index in [2.05, 4.69) is 18.1 Å². The summed E-state index contributed by atoms with van der Waals surface area (Å²) < 4.78 is 5.35. The van der Waals surface area contributed by atoms with Crippen LogP contribution >= 0.6 is 11.6 Å². The number of rotatable bonds is 3. The van der Waals surface area contributed by atoms with Crippen molar-refractivity contribution in [3.05, 3.63) is 36.0 Å². The first-order chi connectivity index (χ1) is 9.19. The molecule has 4 nitrogen and oxygen atoms in total. The number of amides is 1. The van der Waals surface area contributed by atoms with Gasteiger partial charge in [-0.3, -0.25) is 0 Å². The summed E-state index contributed by atoms with van der Waals surface area (Å²) >= 11 is 5.68. The monoisotopic (exact) mass is 298 g/mol. The number of carbonyl (C=O) groups excluding carboxylic acids is 1. The summed E-state index contributed by atoms with van der Waals surface area (Å²) in [5, 5.41) is 0.471. The molecule has 1 fully saturated rings. The molecule has 0 aromatic rings. The maximum absolute atomic E-state index is 11.9. The first-order valence-electron chi connectivity index (χ1n) is 6.63. The number of ether oxygens (including phenoxy) is 1. The quantitative estimate of drug-likeness (QED) is 0.749. The third-order valence-corrected chi connectivity index (χ3v) is 2.92.